The van der Waals surface area contributed by atoms with Gasteiger partial charge >= 0.3 is 0 Å². The van der Waals surface area contributed by atoms with Crippen LogP contribution >= 0.6 is 0 Å². The first kappa shape index (κ1) is 17.0. The minimum absolute atomic E-state index is 0.128. The number of fused-ring (bicyclic) bond motifs is 1. The molecule has 0 spiro atoms. The molecule has 0 bridgehead atoms. The van der Waals surface area contributed by atoms with Crippen molar-refractivity contribution in [1.29, 1.82) is 0 Å². The van der Waals surface area contributed by atoms with Crippen molar-refractivity contribution in [1.82, 2.24) is 25.6 Å². The number of pyridine rings is 1. The monoisotopic (exact) mass is 354 g/mol. The van der Waals surface area contributed by atoms with Crippen molar-refractivity contribution in [2.75, 3.05) is 0 Å². The lowest BCUT2D eigenvalue weighted by Gasteiger charge is -2.07. The van der Waals surface area contributed by atoms with Crippen LogP contribution in [0.1, 0.15) is 26.4 Å². The number of benzene rings is 1. The molecule has 132 valence electrons. The van der Waals surface area contributed by atoms with Gasteiger partial charge in [0.25, 0.3) is 17.5 Å². The molecular weight excluding hydrogens is 340 g/mol. The van der Waals surface area contributed by atoms with Gasteiger partial charge in [0.2, 0.25) is 0 Å². The smallest absolute Gasteiger partial charge is 0.267 e. The molecule has 0 aliphatic rings. The number of amides is 2. The molecule has 26 heavy (non-hydrogen) atoms. The van der Waals surface area contributed by atoms with Crippen LogP contribution < -0.4 is 10.9 Å². The summed E-state index contributed by atoms with van der Waals surface area (Å²) >= 11 is 0. The Bertz CT molecular complexity index is 1030. The lowest BCUT2D eigenvalue weighted by molar-refractivity contribution is -0.384. The van der Waals surface area contributed by atoms with Crippen molar-refractivity contribution in [3.63, 3.8) is 0 Å². The summed E-state index contributed by atoms with van der Waals surface area (Å²) in [4.78, 5) is 38.5. The molecule has 0 saturated heterocycles. The molecule has 0 aliphatic carbocycles. The summed E-state index contributed by atoms with van der Waals surface area (Å²) in [6.45, 7) is 1.81. The van der Waals surface area contributed by atoms with Gasteiger partial charge in [-0.2, -0.15) is 5.10 Å². The summed E-state index contributed by atoms with van der Waals surface area (Å²) in [7, 11) is 1.76. The number of rotatable bonds is 3. The molecule has 2 heterocycles. The third kappa shape index (κ3) is 3.20. The highest BCUT2D eigenvalue weighted by atomic mass is 16.6. The highest BCUT2D eigenvalue weighted by Gasteiger charge is 2.14. The van der Waals surface area contributed by atoms with Crippen LogP contribution in [0.5, 0.6) is 0 Å². The maximum absolute atomic E-state index is 12.2. The summed E-state index contributed by atoms with van der Waals surface area (Å²) in [5.74, 6) is -1.14. The number of carbonyl (C=O) groups is 2. The summed E-state index contributed by atoms with van der Waals surface area (Å²) in [5, 5.41) is 15.6. The van der Waals surface area contributed by atoms with Gasteiger partial charge in [-0.05, 0) is 25.1 Å². The number of hydrogen-bond donors (Lipinski definition) is 2. The molecule has 3 rings (SSSR count). The van der Waals surface area contributed by atoms with Crippen molar-refractivity contribution >= 4 is 28.5 Å². The number of hydrazine groups is 1. The van der Waals surface area contributed by atoms with Gasteiger partial charge in [0, 0.05) is 36.3 Å². The third-order valence-electron chi connectivity index (χ3n) is 3.76. The van der Waals surface area contributed by atoms with E-state index in [4.69, 9.17) is 0 Å². The van der Waals surface area contributed by atoms with E-state index in [-0.39, 0.29) is 16.8 Å². The normalized spacial score (nSPS) is 10.5. The predicted octanol–water partition coefficient (Wildman–Crippen LogP) is 1.26. The van der Waals surface area contributed by atoms with E-state index in [2.05, 4.69) is 20.9 Å². The number of nitro groups is 1. The molecule has 0 aliphatic heterocycles. The van der Waals surface area contributed by atoms with Crippen LogP contribution in [0.25, 0.3) is 11.0 Å². The van der Waals surface area contributed by atoms with E-state index in [0.29, 0.717) is 5.65 Å². The van der Waals surface area contributed by atoms with E-state index in [0.717, 1.165) is 11.1 Å². The van der Waals surface area contributed by atoms with Gasteiger partial charge in [-0.1, -0.05) is 0 Å². The van der Waals surface area contributed by atoms with Gasteiger partial charge in [-0.25, -0.2) is 4.98 Å². The highest BCUT2D eigenvalue weighted by Crippen LogP contribution is 2.16. The number of aryl methyl sites for hydroxylation is 2. The van der Waals surface area contributed by atoms with Gasteiger partial charge in [-0.15, -0.1) is 0 Å². The number of aromatic nitrogens is 3. The lowest BCUT2D eigenvalue weighted by Crippen LogP contribution is -2.41. The fourth-order valence-corrected chi connectivity index (χ4v) is 2.42. The Balaban J connectivity index is 1.69. The fourth-order valence-electron chi connectivity index (χ4n) is 2.42. The Kier molecular flexibility index (Phi) is 4.31. The summed E-state index contributed by atoms with van der Waals surface area (Å²) in [5.41, 5.74) is 6.23. The van der Waals surface area contributed by atoms with Crippen molar-refractivity contribution in [2.24, 2.45) is 7.05 Å². The van der Waals surface area contributed by atoms with Crippen LogP contribution in [0.2, 0.25) is 0 Å². The van der Waals surface area contributed by atoms with Crippen molar-refractivity contribution < 1.29 is 14.5 Å². The largest absolute Gasteiger partial charge is 0.271 e. The van der Waals surface area contributed by atoms with Crippen LogP contribution in [0, 0.1) is 17.0 Å². The van der Waals surface area contributed by atoms with E-state index in [1.807, 2.05) is 6.92 Å². The Morgan fingerprint density at radius 3 is 2.35 bits per heavy atom. The van der Waals surface area contributed by atoms with Gasteiger partial charge in [0.15, 0.2) is 5.65 Å². The van der Waals surface area contributed by atoms with Crippen LogP contribution in [0.15, 0.2) is 36.5 Å². The van der Waals surface area contributed by atoms with Gasteiger partial charge in [0.1, 0.15) is 0 Å². The van der Waals surface area contributed by atoms with E-state index >= 15 is 0 Å². The fraction of sp³-hybridized carbons (Fsp3) is 0.125. The summed E-state index contributed by atoms with van der Waals surface area (Å²) < 4.78 is 1.61. The van der Waals surface area contributed by atoms with E-state index in [1.54, 1.807) is 17.8 Å². The Morgan fingerprint density at radius 1 is 1.12 bits per heavy atom. The zero-order valence-electron chi connectivity index (χ0n) is 13.9. The van der Waals surface area contributed by atoms with Gasteiger partial charge in [-0.3, -0.25) is 35.2 Å². The standard InChI is InChI=1S/C16H14N6O4/c1-9-13-7-11(8-17-14(13)21(2)20-9)16(24)19-18-15(23)10-3-5-12(6-4-10)22(25)26/h3-8H,1-2H3,(H,18,23)(H,19,24). The molecule has 3 aromatic rings. The quantitative estimate of drug-likeness (QED) is 0.537. The van der Waals surface area contributed by atoms with Gasteiger partial charge < -0.3 is 0 Å². The zero-order valence-corrected chi connectivity index (χ0v) is 13.9. The summed E-state index contributed by atoms with van der Waals surface area (Å²) in [6, 6.07) is 6.65. The second kappa shape index (κ2) is 6.59. The minimum Gasteiger partial charge on any atom is -0.267 e. The van der Waals surface area contributed by atoms with Crippen molar-refractivity contribution in [3.8, 4) is 0 Å². The minimum atomic E-state index is -0.597. The number of nitro benzene ring substituents is 1. The van der Waals surface area contributed by atoms with Crippen LogP contribution in [-0.2, 0) is 7.05 Å². The zero-order chi connectivity index (χ0) is 18.8. The molecule has 0 saturated carbocycles. The second-order valence-corrected chi connectivity index (χ2v) is 5.52. The van der Waals surface area contributed by atoms with Crippen molar-refractivity contribution in [2.45, 2.75) is 6.92 Å². The molecule has 2 aromatic heterocycles. The number of carbonyl (C=O) groups excluding carboxylic acids is 2. The van der Waals surface area contributed by atoms with Crippen molar-refractivity contribution in [3.05, 3.63) is 63.5 Å². The first-order valence-electron chi connectivity index (χ1n) is 7.51. The maximum atomic E-state index is 12.2. The molecular formula is C16H14N6O4. The van der Waals surface area contributed by atoms with E-state index < -0.39 is 16.7 Å². The second-order valence-electron chi connectivity index (χ2n) is 5.52. The number of hydrogen-bond acceptors (Lipinski definition) is 6. The van der Waals surface area contributed by atoms with E-state index in [1.165, 1.54) is 30.5 Å². The van der Waals surface area contributed by atoms with Crippen LogP contribution in [0.4, 0.5) is 5.69 Å². The molecule has 10 heteroatoms. The number of non-ortho nitro benzene ring substituents is 1. The van der Waals surface area contributed by atoms with Crippen LogP contribution in [-0.4, -0.2) is 31.5 Å². The topological polar surface area (TPSA) is 132 Å². The molecule has 10 nitrogen and oxygen atoms in total. The molecule has 1 aromatic carbocycles. The molecule has 2 N–H and O–H groups in total. The first-order chi connectivity index (χ1) is 12.4. The Labute approximate surface area is 147 Å². The third-order valence-corrected chi connectivity index (χ3v) is 3.76. The summed E-state index contributed by atoms with van der Waals surface area (Å²) in [6.07, 6.45) is 1.39. The lowest BCUT2D eigenvalue weighted by atomic mass is 10.2. The molecule has 2 amide bonds. The van der Waals surface area contributed by atoms with Crippen LogP contribution in [0.3, 0.4) is 0 Å². The molecule has 0 atom stereocenters. The molecule has 0 radical (unpaired) electrons. The first-order valence-corrected chi connectivity index (χ1v) is 7.51. The number of nitrogens with zero attached hydrogens (tertiary/aromatic N) is 4. The maximum Gasteiger partial charge on any atom is 0.271 e. The molecule has 0 unspecified atom stereocenters. The SMILES string of the molecule is Cc1nn(C)c2ncc(C(=O)NNC(=O)c3ccc([N+](=O)[O-])cc3)cc12. The number of nitrogens with one attached hydrogen (secondary N) is 2. The van der Waals surface area contributed by atoms with Gasteiger partial charge in [0.05, 0.1) is 16.2 Å². The average molecular weight is 354 g/mol. The van der Waals surface area contributed by atoms with E-state index in [9.17, 15) is 19.7 Å². The molecule has 0 fully saturated rings. The Morgan fingerprint density at radius 2 is 1.73 bits per heavy atom. The highest BCUT2D eigenvalue weighted by molar-refractivity contribution is 6.00. The average Bonchev–Trinajstić information content (AvgIpc) is 2.93. The predicted molar refractivity (Wildman–Crippen MR) is 91.3 cm³/mol. The Hall–Kier alpha value is -3.82.